The van der Waals surface area contributed by atoms with Gasteiger partial charge in [-0.15, -0.1) is 0 Å². The van der Waals surface area contributed by atoms with Crippen LogP contribution in [0.3, 0.4) is 0 Å². The zero-order chi connectivity index (χ0) is 17.3. The zero-order valence-corrected chi connectivity index (χ0v) is 14.7. The van der Waals surface area contributed by atoms with E-state index < -0.39 is 0 Å². The Bertz CT molecular complexity index is 840. The number of rotatable bonds is 5. The van der Waals surface area contributed by atoms with Crippen molar-refractivity contribution in [2.24, 2.45) is 11.7 Å². The van der Waals surface area contributed by atoms with Crippen molar-refractivity contribution >= 4 is 10.9 Å². The van der Waals surface area contributed by atoms with Crippen LogP contribution in [0, 0.1) is 12.8 Å². The number of benzene rings is 1. The highest BCUT2D eigenvalue weighted by atomic mass is 16.3. The van der Waals surface area contributed by atoms with Crippen LogP contribution in [-0.2, 0) is 6.42 Å². The molecule has 2 aromatic heterocycles. The molecule has 0 bridgehead atoms. The average Bonchev–Trinajstić information content (AvgIpc) is 3.06. The molecule has 1 unspecified atom stereocenters. The Morgan fingerprint density at radius 3 is 2.62 bits per heavy atom. The Morgan fingerprint density at radius 2 is 2.00 bits per heavy atom. The van der Waals surface area contributed by atoms with Crippen LogP contribution in [0.1, 0.15) is 50.3 Å². The summed E-state index contributed by atoms with van der Waals surface area (Å²) in [4.78, 5) is 13.5. The summed E-state index contributed by atoms with van der Waals surface area (Å²) in [7, 11) is 0. The van der Waals surface area contributed by atoms with Crippen LogP contribution in [0.5, 0.6) is 0 Å². The Labute approximate surface area is 142 Å². The Kier molecular flexibility index (Phi) is 4.62. The summed E-state index contributed by atoms with van der Waals surface area (Å²) in [6.07, 6.45) is 4.89. The van der Waals surface area contributed by atoms with Crippen LogP contribution in [0.2, 0.25) is 0 Å². The molecular weight excluding hydrogens is 300 g/mol. The van der Waals surface area contributed by atoms with Crippen LogP contribution >= 0.6 is 0 Å². The minimum Gasteiger partial charge on any atom is -0.444 e. The summed E-state index contributed by atoms with van der Waals surface area (Å²) in [6.45, 7) is 8.48. The predicted octanol–water partition coefficient (Wildman–Crippen LogP) is 4.20. The number of fused-ring (bicyclic) bond motifs is 1. The van der Waals surface area contributed by atoms with E-state index in [1.54, 1.807) is 6.20 Å². The maximum atomic E-state index is 6.31. The number of hydrogen-bond acceptors (Lipinski definition) is 5. The van der Waals surface area contributed by atoms with E-state index in [2.05, 4.69) is 44.8 Å². The molecule has 1 aromatic carbocycles. The van der Waals surface area contributed by atoms with Gasteiger partial charge in [-0.3, -0.25) is 0 Å². The number of hydrogen-bond donors (Lipinski definition) is 1. The summed E-state index contributed by atoms with van der Waals surface area (Å²) in [5.74, 6) is 2.01. The van der Waals surface area contributed by atoms with E-state index in [1.807, 2.05) is 0 Å². The minimum atomic E-state index is -0.131. The first kappa shape index (κ1) is 16.6. The molecule has 24 heavy (non-hydrogen) atoms. The molecule has 0 saturated carbocycles. The van der Waals surface area contributed by atoms with Gasteiger partial charge in [-0.1, -0.05) is 20.8 Å². The lowest BCUT2D eigenvalue weighted by atomic mass is 10.0. The molecule has 0 aliphatic rings. The molecule has 5 nitrogen and oxygen atoms in total. The van der Waals surface area contributed by atoms with Crippen LogP contribution in [0.15, 0.2) is 29.1 Å². The molecule has 1 atom stereocenters. The van der Waals surface area contributed by atoms with Gasteiger partial charge in [-0.2, -0.15) is 0 Å². The monoisotopic (exact) mass is 324 g/mol. The van der Waals surface area contributed by atoms with E-state index in [0.29, 0.717) is 5.92 Å². The highest BCUT2D eigenvalue weighted by molar-refractivity contribution is 5.87. The second-order valence-corrected chi connectivity index (χ2v) is 6.67. The number of aryl methyl sites for hydroxylation is 2. The van der Waals surface area contributed by atoms with E-state index in [-0.39, 0.29) is 6.04 Å². The van der Waals surface area contributed by atoms with Crippen molar-refractivity contribution in [3.05, 3.63) is 41.8 Å². The number of nitrogens with zero attached hydrogens (tertiary/aromatic N) is 3. The van der Waals surface area contributed by atoms with E-state index >= 15 is 0 Å². The summed E-state index contributed by atoms with van der Waals surface area (Å²) >= 11 is 0. The third-order valence-corrected chi connectivity index (χ3v) is 4.23. The molecule has 3 rings (SSSR count). The summed E-state index contributed by atoms with van der Waals surface area (Å²) in [5.41, 5.74) is 10.4. The molecule has 0 aliphatic carbocycles. The molecular formula is C19H24N4O. The van der Waals surface area contributed by atoms with Gasteiger partial charge in [-0.05, 0) is 43.4 Å². The standard InChI is InChI=1S/C19H24N4O/c1-5-16-14-8-13(18-9-21-10-24-18)12(4)7-17(14)23-19(22-16)15(20)6-11(2)3/h7-11,15H,5-6,20H2,1-4H3. The third-order valence-electron chi connectivity index (χ3n) is 4.23. The highest BCUT2D eigenvalue weighted by Gasteiger charge is 2.16. The number of aromatic nitrogens is 3. The molecule has 2 heterocycles. The van der Waals surface area contributed by atoms with Gasteiger partial charge < -0.3 is 10.2 Å². The van der Waals surface area contributed by atoms with Crippen molar-refractivity contribution in [2.45, 2.75) is 46.6 Å². The van der Waals surface area contributed by atoms with Crippen LogP contribution in [0.25, 0.3) is 22.2 Å². The number of nitrogens with two attached hydrogens (primary N) is 1. The van der Waals surface area contributed by atoms with Gasteiger partial charge in [0.2, 0.25) is 0 Å². The van der Waals surface area contributed by atoms with Crippen LogP contribution in [0.4, 0.5) is 0 Å². The Balaban J connectivity index is 2.14. The van der Waals surface area contributed by atoms with E-state index in [9.17, 15) is 0 Å². The van der Waals surface area contributed by atoms with Gasteiger partial charge in [0.15, 0.2) is 12.2 Å². The van der Waals surface area contributed by atoms with Gasteiger partial charge >= 0.3 is 0 Å². The lowest BCUT2D eigenvalue weighted by Crippen LogP contribution is -2.17. The predicted molar refractivity (Wildman–Crippen MR) is 95.5 cm³/mol. The molecule has 0 aliphatic heterocycles. The van der Waals surface area contributed by atoms with Gasteiger partial charge in [0, 0.05) is 10.9 Å². The molecule has 3 aromatic rings. The molecule has 5 heteroatoms. The van der Waals surface area contributed by atoms with Crippen molar-refractivity contribution in [3.63, 3.8) is 0 Å². The van der Waals surface area contributed by atoms with Crippen molar-refractivity contribution < 1.29 is 4.42 Å². The Hall–Kier alpha value is -2.27. The first-order valence-electron chi connectivity index (χ1n) is 8.45. The quantitative estimate of drug-likeness (QED) is 0.761. The summed E-state index contributed by atoms with van der Waals surface area (Å²) in [5, 5.41) is 1.05. The molecule has 2 N–H and O–H groups in total. The Morgan fingerprint density at radius 1 is 1.21 bits per heavy atom. The highest BCUT2D eigenvalue weighted by Crippen LogP contribution is 2.30. The van der Waals surface area contributed by atoms with Gasteiger partial charge in [0.1, 0.15) is 5.82 Å². The fraction of sp³-hybridized carbons (Fsp3) is 0.421. The van der Waals surface area contributed by atoms with Gasteiger partial charge in [-0.25, -0.2) is 15.0 Å². The van der Waals surface area contributed by atoms with Crippen molar-refractivity contribution in [1.82, 2.24) is 15.0 Å². The normalized spacial score (nSPS) is 12.9. The fourth-order valence-electron chi connectivity index (χ4n) is 3.03. The molecule has 0 saturated heterocycles. The third kappa shape index (κ3) is 3.17. The average molecular weight is 324 g/mol. The summed E-state index contributed by atoms with van der Waals surface area (Å²) < 4.78 is 5.46. The van der Waals surface area contributed by atoms with Crippen molar-refractivity contribution in [1.29, 1.82) is 0 Å². The fourth-order valence-corrected chi connectivity index (χ4v) is 3.03. The molecule has 0 amide bonds. The second-order valence-electron chi connectivity index (χ2n) is 6.67. The largest absolute Gasteiger partial charge is 0.444 e. The van der Waals surface area contributed by atoms with Crippen molar-refractivity contribution in [3.8, 4) is 11.3 Å². The van der Waals surface area contributed by atoms with Gasteiger partial charge in [0.25, 0.3) is 0 Å². The molecule has 0 radical (unpaired) electrons. The minimum absolute atomic E-state index is 0.131. The zero-order valence-electron chi connectivity index (χ0n) is 14.7. The van der Waals surface area contributed by atoms with Crippen LogP contribution < -0.4 is 5.73 Å². The van der Waals surface area contributed by atoms with Crippen molar-refractivity contribution in [2.75, 3.05) is 0 Å². The second kappa shape index (κ2) is 6.69. The summed E-state index contributed by atoms with van der Waals surface area (Å²) in [6, 6.07) is 4.05. The first-order chi connectivity index (χ1) is 11.5. The lowest BCUT2D eigenvalue weighted by molar-refractivity contribution is 0.493. The first-order valence-corrected chi connectivity index (χ1v) is 8.45. The molecule has 0 spiro atoms. The smallest absolute Gasteiger partial charge is 0.181 e. The van der Waals surface area contributed by atoms with E-state index in [1.165, 1.54) is 6.39 Å². The maximum absolute atomic E-state index is 6.31. The lowest BCUT2D eigenvalue weighted by Gasteiger charge is -2.16. The van der Waals surface area contributed by atoms with Crippen LogP contribution in [-0.4, -0.2) is 15.0 Å². The topological polar surface area (TPSA) is 77.8 Å². The SMILES string of the molecule is CCc1nc(C(N)CC(C)C)nc2cc(C)c(-c3cnco3)cc12. The maximum Gasteiger partial charge on any atom is 0.181 e. The van der Waals surface area contributed by atoms with Gasteiger partial charge in [0.05, 0.1) is 23.4 Å². The molecule has 0 fully saturated rings. The molecule has 126 valence electrons. The van der Waals surface area contributed by atoms with E-state index in [0.717, 1.165) is 52.2 Å². The van der Waals surface area contributed by atoms with E-state index in [4.69, 9.17) is 20.1 Å². The number of oxazole rings is 1.